The monoisotopic (exact) mass is 626 g/mol. The van der Waals surface area contributed by atoms with Gasteiger partial charge in [-0.25, -0.2) is 8.42 Å². The first-order valence-electron chi connectivity index (χ1n) is 14.4. The van der Waals surface area contributed by atoms with Crippen LogP contribution in [0.3, 0.4) is 0 Å². The molecule has 0 bridgehead atoms. The summed E-state index contributed by atoms with van der Waals surface area (Å²) in [6.45, 7) is 0. The van der Waals surface area contributed by atoms with Gasteiger partial charge in [0.1, 0.15) is 6.10 Å². The van der Waals surface area contributed by atoms with Crippen molar-refractivity contribution in [3.8, 4) is 22.6 Å². The van der Waals surface area contributed by atoms with E-state index < -0.39 is 10.0 Å². The van der Waals surface area contributed by atoms with E-state index in [9.17, 15) is 8.42 Å². The minimum atomic E-state index is -3.62. The molecule has 6 nitrogen and oxygen atoms in total. The number of aryl methyl sites for hydroxylation is 2. The normalized spacial score (nSPS) is 12.7. The van der Waals surface area contributed by atoms with Gasteiger partial charge in [0.2, 0.25) is 10.0 Å². The molecule has 0 atom stereocenters. The second-order valence-electron chi connectivity index (χ2n) is 10.9. The van der Waals surface area contributed by atoms with Gasteiger partial charge in [0.05, 0.1) is 12.9 Å². The van der Waals surface area contributed by atoms with Crippen LogP contribution in [0.2, 0.25) is 0 Å². The zero-order valence-electron chi connectivity index (χ0n) is 24.5. The molecular weight excluding hydrogens is 592 g/mol. The number of methoxy groups -OCH3 is 1. The molecule has 0 fully saturated rings. The third-order valence-electron chi connectivity index (χ3n) is 7.80. The number of hydrogen-bond donors (Lipinski definition) is 1. The number of rotatable bonds is 11. The fourth-order valence-corrected chi connectivity index (χ4v) is 6.87. The van der Waals surface area contributed by atoms with Crippen molar-refractivity contribution in [1.29, 1.82) is 0 Å². The van der Waals surface area contributed by atoms with Crippen molar-refractivity contribution in [3.05, 3.63) is 143 Å². The van der Waals surface area contributed by atoms with Crippen LogP contribution in [0.4, 0.5) is 5.69 Å². The van der Waals surface area contributed by atoms with Crippen LogP contribution in [0.1, 0.15) is 27.8 Å². The molecule has 1 heterocycles. The second-order valence-corrected chi connectivity index (χ2v) is 12.6. The van der Waals surface area contributed by atoms with Gasteiger partial charge in [-0.1, -0.05) is 66.7 Å². The molecule has 0 unspecified atom stereocenters. The summed E-state index contributed by atoms with van der Waals surface area (Å²) in [5.41, 5.74) is 8.04. The number of sulfonamides is 1. The molecule has 0 spiro atoms. The molecule has 1 aliphatic rings. The third-order valence-corrected chi connectivity index (χ3v) is 9.06. The molecular formula is C36H35ClN2O4S. The lowest BCUT2D eigenvalue weighted by molar-refractivity contribution is 0.204. The molecule has 44 heavy (non-hydrogen) atoms. The molecule has 1 aromatic heterocycles. The van der Waals surface area contributed by atoms with Crippen LogP contribution >= 0.6 is 12.4 Å². The highest BCUT2D eigenvalue weighted by molar-refractivity contribution is 7.91. The highest BCUT2D eigenvalue weighted by Gasteiger charge is 2.24. The topological polar surface area (TPSA) is 77.5 Å². The van der Waals surface area contributed by atoms with Crippen molar-refractivity contribution in [1.82, 2.24) is 4.98 Å². The minimum absolute atomic E-state index is 0. The molecule has 1 N–H and O–H groups in total. The van der Waals surface area contributed by atoms with Crippen LogP contribution in [-0.2, 0) is 41.5 Å². The van der Waals surface area contributed by atoms with E-state index in [1.165, 1.54) is 16.7 Å². The van der Waals surface area contributed by atoms with Crippen molar-refractivity contribution in [2.45, 2.75) is 37.5 Å². The Bertz CT molecular complexity index is 1790. The van der Waals surface area contributed by atoms with Crippen LogP contribution in [0.5, 0.6) is 11.5 Å². The van der Waals surface area contributed by atoms with Crippen LogP contribution in [0.15, 0.2) is 116 Å². The van der Waals surface area contributed by atoms with E-state index in [1.54, 1.807) is 19.5 Å². The Balaban J connectivity index is 0.00000384. The zero-order chi connectivity index (χ0) is 29.6. The van der Waals surface area contributed by atoms with Crippen LogP contribution in [0.25, 0.3) is 11.1 Å². The minimum Gasteiger partial charge on any atom is -0.493 e. The van der Waals surface area contributed by atoms with Gasteiger partial charge in [0.15, 0.2) is 11.5 Å². The van der Waals surface area contributed by atoms with Gasteiger partial charge in [-0.05, 0) is 88.2 Å². The fourth-order valence-electron chi connectivity index (χ4n) is 5.68. The van der Waals surface area contributed by atoms with E-state index >= 15 is 0 Å². The second kappa shape index (κ2) is 14.0. The number of pyridine rings is 1. The molecule has 0 saturated carbocycles. The molecule has 6 rings (SSSR count). The van der Waals surface area contributed by atoms with Crippen LogP contribution in [0, 0.1) is 0 Å². The number of halogens is 1. The summed E-state index contributed by atoms with van der Waals surface area (Å²) in [5, 5.41) is 0. The van der Waals surface area contributed by atoms with Crippen molar-refractivity contribution in [3.63, 3.8) is 0 Å². The summed E-state index contributed by atoms with van der Waals surface area (Å²) in [7, 11) is -1.97. The molecule has 0 radical (unpaired) electrons. The third kappa shape index (κ3) is 7.59. The smallest absolute Gasteiger partial charge is 0.236 e. The Kier molecular flexibility index (Phi) is 9.88. The maximum absolute atomic E-state index is 13.1. The van der Waals surface area contributed by atoms with Gasteiger partial charge in [-0.3, -0.25) is 9.71 Å². The van der Waals surface area contributed by atoms with E-state index in [2.05, 4.69) is 34.0 Å². The Morgan fingerprint density at radius 3 is 2.18 bits per heavy atom. The van der Waals surface area contributed by atoms with Gasteiger partial charge in [0, 0.05) is 30.9 Å². The predicted molar refractivity (Wildman–Crippen MR) is 178 cm³/mol. The molecule has 0 amide bonds. The Morgan fingerprint density at radius 1 is 0.773 bits per heavy atom. The number of ether oxygens (including phenoxy) is 2. The number of nitrogens with zero attached hydrogens (tertiary/aromatic N) is 1. The van der Waals surface area contributed by atoms with E-state index in [4.69, 9.17) is 9.47 Å². The van der Waals surface area contributed by atoms with Crippen molar-refractivity contribution >= 4 is 28.1 Å². The number of benzene rings is 4. The van der Waals surface area contributed by atoms with E-state index in [-0.39, 0.29) is 24.3 Å². The number of aromatic nitrogens is 1. The summed E-state index contributed by atoms with van der Waals surface area (Å²) in [5.74, 6) is 1.24. The lowest BCUT2D eigenvalue weighted by Crippen LogP contribution is -2.17. The lowest BCUT2D eigenvalue weighted by atomic mass is 9.94. The largest absolute Gasteiger partial charge is 0.493 e. The van der Waals surface area contributed by atoms with Gasteiger partial charge in [-0.2, -0.15) is 0 Å². The van der Waals surface area contributed by atoms with Crippen LogP contribution in [-0.4, -0.2) is 26.6 Å². The molecule has 4 aromatic carbocycles. The van der Waals surface area contributed by atoms with Gasteiger partial charge in [0.25, 0.3) is 0 Å². The van der Waals surface area contributed by atoms with Gasteiger partial charge >= 0.3 is 0 Å². The summed E-state index contributed by atoms with van der Waals surface area (Å²) in [6, 6.07) is 33.4. The fraction of sp³-hybridized carbons (Fsp3) is 0.194. The van der Waals surface area contributed by atoms with Crippen molar-refractivity contribution < 1.29 is 17.9 Å². The first-order valence-corrected chi connectivity index (χ1v) is 16.1. The summed E-state index contributed by atoms with van der Waals surface area (Å²) in [6.07, 6.45) is 6.91. The molecule has 0 aliphatic heterocycles. The predicted octanol–water partition coefficient (Wildman–Crippen LogP) is 7.45. The van der Waals surface area contributed by atoms with Crippen molar-refractivity contribution in [2.75, 3.05) is 11.8 Å². The highest BCUT2D eigenvalue weighted by Crippen LogP contribution is 2.37. The Morgan fingerprint density at radius 2 is 1.48 bits per heavy atom. The molecule has 5 aromatic rings. The maximum Gasteiger partial charge on any atom is 0.236 e. The van der Waals surface area contributed by atoms with Gasteiger partial charge < -0.3 is 9.47 Å². The number of fused-ring (bicyclic) bond motifs is 1. The molecule has 226 valence electrons. The molecule has 8 heteroatoms. The highest BCUT2D eigenvalue weighted by atomic mass is 35.5. The first kappa shape index (κ1) is 31.1. The SMILES string of the molecule is COc1ccc(-c2cc(NS(=O)(=O)Cc3ccccc3)ccc2CCc2ccncc2)cc1OC1Cc2ccccc2C1.Cl. The summed E-state index contributed by atoms with van der Waals surface area (Å²) < 4.78 is 41.2. The average Bonchev–Trinajstić information content (AvgIpc) is 3.43. The zero-order valence-corrected chi connectivity index (χ0v) is 26.1. The maximum atomic E-state index is 13.1. The quantitative estimate of drug-likeness (QED) is 0.165. The Hall–Kier alpha value is -4.33. The average molecular weight is 627 g/mol. The number of hydrogen-bond acceptors (Lipinski definition) is 5. The molecule has 1 aliphatic carbocycles. The van der Waals surface area contributed by atoms with E-state index in [0.29, 0.717) is 17.2 Å². The van der Waals surface area contributed by atoms with Crippen molar-refractivity contribution in [2.24, 2.45) is 0 Å². The lowest BCUT2D eigenvalue weighted by Gasteiger charge is -2.19. The Labute approximate surface area is 265 Å². The number of anilines is 1. The van der Waals surface area contributed by atoms with E-state index in [0.717, 1.165) is 47.9 Å². The standard InChI is InChI=1S/C36H34N2O4S.ClH/c1-41-35-16-14-31(23-36(35)42-33-21-29-9-5-6-10-30(29)22-33)34-24-32(38-43(39,40)25-27-7-3-2-4-8-27)15-13-28(34)12-11-26-17-19-37-20-18-26;/h2-10,13-20,23-24,33,38H,11-12,21-22,25H2,1H3;1H. The number of nitrogens with one attached hydrogen (secondary N) is 1. The van der Waals surface area contributed by atoms with Gasteiger partial charge in [-0.15, -0.1) is 12.4 Å². The first-order chi connectivity index (χ1) is 21.0. The molecule has 0 saturated heterocycles. The van der Waals surface area contributed by atoms with E-state index in [1.807, 2.05) is 78.9 Å². The summed E-state index contributed by atoms with van der Waals surface area (Å²) >= 11 is 0. The summed E-state index contributed by atoms with van der Waals surface area (Å²) in [4.78, 5) is 4.13. The van der Waals surface area contributed by atoms with Crippen LogP contribution < -0.4 is 14.2 Å².